The summed E-state index contributed by atoms with van der Waals surface area (Å²) in [5, 5.41) is 2.89. The van der Waals surface area contributed by atoms with Gasteiger partial charge in [0.25, 0.3) is 5.91 Å². The van der Waals surface area contributed by atoms with Crippen LogP contribution in [0.3, 0.4) is 0 Å². The van der Waals surface area contributed by atoms with Crippen molar-refractivity contribution in [2.75, 3.05) is 0 Å². The standard InChI is InChI=1S/C15H14INO3/c16-10-1-5-12(6-2-10)19-9-13-7-8-14(20-13)15(18)17-11-3-4-11/h1-2,5-8,11H,3-4,9H2,(H,17,18). The molecular weight excluding hydrogens is 369 g/mol. The molecule has 1 aliphatic carbocycles. The van der Waals surface area contributed by atoms with Gasteiger partial charge in [-0.05, 0) is 71.8 Å². The number of nitrogens with one attached hydrogen (secondary N) is 1. The van der Waals surface area contributed by atoms with E-state index in [4.69, 9.17) is 9.15 Å². The van der Waals surface area contributed by atoms with E-state index >= 15 is 0 Å². The summed E-state index contributed by atoms with van der Waals surface area (Å²) in [6.45, 7) is 0.317. The number of halogens is 1. The van der Waals surface area contributed by atoms with Crippen molar-refractivity contribution in [3.63, 3.8) is 0 Å². The van der Waals surface area contributed by atoms with Crippen LogP contribution in [-0.2, 0) is 6.61 Å². The van der Waals surface area contributed by atoms with Gasteiger partial charge in [0.1, 0.15) is 18.1 Å². The van der Waals surface area contributed by atoms with Crippen molar-refractivity contribution in [1.82, 2.24) is 5.32 Å². The van der Waals surface area contributed by atoms with Crippen LogP contribution in [0, 0.1) is 3.57 Å². The van der Waals surface area contributed by atoms with Crippen molar-refractivity contribution in [3.8, 4) is 5.75 Å². The number of ether oxygens (including phenoxy) is 1. The lowest BCUT2D eigenvalue weighted by atomic mass is 10.3. The van der Waals surface area contributed by atoms with Crippen LogP contribution < -0.4 is 10.1 Å². The van der Waals surface area contributed by atoms with E-state index in [0.29, 0.717) is 24.2 Å². The van der Waals surface area contributed by atoms with Crippen molar-refractivity contribution in [2.24, 2.45) is 0 Å². The van der Waals surface area contributed by atoms with Crippen LogP contribution in [0.25, 0.3) is 0 Å². The summed E-state index contributed by atoms with van der Waals surface area (Å²) in [7, 11) is 0. The molecule has 0 bridgehead atoms. The molecule has 1 aromatic heterocycles. The van der Waals surface area contributed by atoms with Crippen molar-refractivity contribution in [1.29, 1.82) is 0 Å². The minimum Gasteiger partial charge on any atom is -0.486 e. The minimum absolute atomic E-state index is 0.145. The van der Waals surface area contributed by atoms with Crippen molar-refractivity contribution in [2.45, 2.75) is 25.5 Å². The predicted molar refractivity (Wildman–Crippen MR) is 82.7 cm³/mol. The van der Waals surface area contributed by atoms with Crippen molar-refractivity contribution < 1.29 is 13.9 Å². The number of amides is 1. The topological polar surface area (TPSA) is 51.5 Å². The Kier molecular flexibility index (Phi) is 3.95. The van der Waals surface area contributed by atoms with Gasteiger partial charge in [0.2, 0.25) is 0 Å². The first kappa shape index (κ1) is 13.5. The lowest BCUT2D eigenvalue weighted by Crippen LogP contribution is -2.24. The monoisotopic (exact) mass is 383 g/mol. The third kappa shape index (κ3) is 3.53. The van der Waals surface area contributed by atoms with E-state index in [1.165, 1.54) is 0 Å². The van der Waals surface area contributed by atoms with Gasteiger partial charge in [-0.3, -0.25) is 4.79 Å². The molecule has 1 aliphatic rings. The molecule has 1 fully saturated rings. The molecule has 0 radical (unpaired) electrons. The number of benzene rings is 1. The van der Waals surface area contributed by atoms with Crippen LogP contribution in [-0.4, -0.2) is 11.9 Å². The lowest BCUT2D eigenvalue weighted by Gasteiger charge is -2.04. The van der Waals surface area contributed by atoms with Gasteiger partial charge in [-0.2, -0.15) is 0 Å². The highest BCUT2D eigenvalue weighted by molar-refractivity contribution is 14.1. The number of hydrogen-bond acceptors (Lipinski definition) is 3. The van der Waals surface area contributed by atoms with E-state index < -0.39 is 0 Å². The zero-order chi connectivity index (χ0) is 13.9. The SMILES string of the molecule is O=C(NC1CC1)c1ccc(COc2ccc(I)cc2)o1. The summed E-state index contributed by atoms with van der Waals surface area (Å²) in [6.07, 6.45) is 2.13. The molecule has 0 saturated heterocycles. The van der Waals surface area contributed by atoms with Gasteiger partial charge in [0.05, 0.1) is 0 Å². The molecule has 0 aliphatic heterocycles. The van der Waals surface area contributed by atoms with Crippen LogP contribution in [0.1, 0.15) is 29.2 Å². The van der Waals surface area contributed by atoms with Crippen molar-refractivity contribution >= 4 is 28.5 Å². The van der Waals surface area contributed by atoms with Gasteiger partial charge < -0.3 is 14.5 Å². The Balaban J connectivity index is 1.56. The quantitative estimate of drug-likeness (QED) is 0.806. The molecule has 1 N–H and O–H groups in total. The number of rotatable bonds is 5. The van der Waals surface area contributed by atoms with E-state index in [0.717, 1.165) is 22.2 Å². The normalized spacial score (nSPS) is 14.1. The third-order valence-electron chi connectivity index (χ3n) is 2.99. The molecule has 2 aromatic rings. The summed E-state index contributed by atoms with van der Waals surface area (Å²) < 4.78 is 12.2. The predicted octanol–water partition coefficient (Wildman–Crippen LogP) is 3.36. The van der Waals surface area contributed by atoms with Crippen LogP contribution in [0.5, 0.6) is 5.75 Å². The molecule has 1 aromatic carbocycles. The molecule has 1 heterocycles. The summed E-state index contributed by atoms with van der Waals surface area (Å²) in [4.78, 5) is 11.8. The second kappa shape index (κ2) is 5.87. The van der Waals surface area contributed by atoms with Crippen LogP contribution >= 0.6 is 22.6 Å². The molecule has 1 amide bonds. The first-order chi connectivity index (χ1) is 9.70. The highest BCUT2D eigenvalue weighted by Crippen LogP contribution is 2.20. The largest absolute Gasteiger partial charge is 0.486 e. The fourth-order valence-corrected chi connectivity index (χ4v) is 2.11. The van der Waals surface area contributed by atoms with Crippen molar-refractivity contribution in [3.05, 3.63) is 51.5 Å². The summed E-state index contributed by atoms with van der Waals surface area (Å²) in [5.74, 6) is 1.63. The Morgan fingerprint density at radius 1 is 1.25 bits per heavy atom. The van der Waals surface area contributed by atoms with Crippen LogP contribution in [0.4, 0.5) is 0 Å². The maximum absolute atomic E-state index is 11.8. The summed E-state index contributed by atoms with van der Waals surface area (Å²) in [6, 6.07) is 11.6. The molecule has 104 valence electrons. The van der Waals surface area contributed by atoms with Crippen LogP contribution in [0.15, 0.2) is 40.8 Å². The van der Waals surface area contributed by atoms with Gasteiger partial charge in [0, 0.05) is 9.61 Å². The van der Waals surface area contributed by atoms with E-state index in [2.05, 4.69) is 27.9 Å². The molecule has 4 nitrogen and oxygen atoms in total. The van der Waals surface area contributed by atoms with E-state index in [1.54, 1.807) is 12.1 Å². The highest BCUT2D eigenvalue weighted by Gasteiger charge is 2.25. The smallest absolute Gasteiger partial charge is 0.287 e. The van der Waals surface area contributed by atoms with Gasteiger partial charge in [-0.15, -0.1) is 0 Å². The first-order valence-corrected chi connectivity index (χ1v) is 7.56. The number of carbonyl (C=O) groups is 1. The number of carbonyl (C=O) groups excluding carboxylic acids is 1. The molecule has 0 spiro atoms. The average molecular weight is 383 g/mol. The highest BCUT2D eigenvalue weighted by atomic mass is 127. The number of hydrogen-bond donors (Lipinski definition) is 1. The van der Waals surface area contributed by atoms with E-state index in [-0.39, 0.29) is 5.91 Å². The number of furan rings is 1. The third-order valence-corrected chi connectivity index (χ3v) is 3.71. The Labute approximate surface area is 130 Å². The van der Waals surface area contributed by atoms with Gasteiger partial charge in [-0.25, -0.2) is 0 Å². The minimum atomic E-state index is -0.145. The maximum Gasteiger partial charge on any atom is 0.287 e. The molecule has 20 heavy (non-hydrogen) atoms. The lowest BCUT2D eigenvalue weighted by molar-refractivity contribution is 0.0919. The Hall–Kier alpha value is -1.50. The molecular formula is C15H14INO3. The fraction of sp³-hybridized carbons (Fsp3) is 0.267. The van der Waals surface area contributed by atoms with Crippen LogP contribution in [0.2, 0.25) is 0 Å². The Morgan fingerprint density at radius 2 is 2.00 bits per heavy atom. The summed E-state index contributed by atoms with van der Waals surface area (Å²) in [5.41, 5.74) is 0. The van der Waals surface area contributed by atoms with E-state index in [9.17, 15) is 4.79 Å². The molecule has 1 saturated carbocycles. The second-order valence-corrected chi connectivity index (χ2v) is 6.00. The first-order valence-electron chi connectivity index (χ1n) is 6.48. The molecule has 0 atom stereocenters. The van der Waals surface area contributed by atoms with Gasteiger partial charge in [0.15, 0.2) is 5.76 Å². The van der Waals surface area contributed by atoms with E-state index in [1.807, 2.05) is 24.3 Å². The zero-order valence-electron chi connectivity index (χ0n) is 10.8. The van der Waals surface area contributed by atoms with Gasteiger partial charge >= 0.3 is 0 Å². The van der Waals surface area contributed by atoms with Gasteiger partial charge in [-0.1, -0.05) is 0 Å². The zero-order valence-corrected chi connectivity index (χ0v) is 12.9. The maximum atomic E-state index is 11.8. The Bertz CT molecular complexity index is 602. The fourth-order valence-electron chi connectivity index (χ4n) is 1.75. The second-order valence-electron chi connectivity index (χ2n) is 4.76. The Morgan fingerprint density at radius 3 is 2.70 bits per heavy atom. The molecule has 5 heteroatoms. The average Bonchev–Trinajstić information content (AvgIpc) is 3.13. The molecule has 0 unspecified atom stereocenters. The molecule has 3 rings (SSSR count). The summed E-state index contributed by atoms with van der Waals surface area (Å²) >= 11 is 2.24.